The van der Waals surface area contributed by atoms with Crippen LogP contribution in [0.3, 0.4) is 0 Å². The number of Topliss-reactive ketones (excluding diaryl/α,β-unsaturated/α-hetero) is 1. The van der Waals surface area contributed by atoms with Crippen LogP contribution in [-0.2, 0) is 10.2 Å². The lowest BCUT2D eigenvalue weighted by molar-refractivity contribution is -0.125. The monoisotopic (exact) mass is 287 g/mol. The summed E-state index contributed by atoms with van der Waals surface area (Å²) in [5.41, 5.74) is 2.03. The van der Waals surface area contributed by atoms with E-state index in [1.165, 1.54) is 5.56 Å². The Balaban J connectivity index is 2.11. The third kappa shape index (κ3) is 3.52. The highest BCUT2D eigenvalue weighted by Crippen LogP contribution is 2.23. The number of hydrogen-bond acceptors (Lipinski definition) is 2. The van der Waals surface area contributed by atoms with Crippen molar-refractivity contribution in [1.29, 1.82) is 0 Å². The lowest BCUT2D eigenvalue weighted by Crippen LogP contribution is -2.43. The molecule has 1 aliphatic rings. The highest BCUT2D eigenvalue weighted by molar-refractivity contribution is 5.95. The van der Waals surface area contributed by atoms with Crippen LogP contribution in [0, 0.1) is 5.92 Å². The molecular formula is C18H25NO2. The van der Waals surface area contributed by atoms with Crippen molar-refractivity contribution >= 4 is 11.7 Å². The Morgan fingerprint density at radius 2 is 1.86 bits per heavy atom. The van der Waals surface area contributed by atoms with E-state index in [4.69, 9.17) is 0 Å². The van der Waals surface area contributed by atoms with Gasteiger partial charge in [-0.25, -0.2) is 0 Å². The van der Waals surface area contributed by atoms with Gasteiger partial charge in [-0.15, -0.1) is 0 Å². The first-order valence-electron chi connectivity index (χ1n) is 7.75. The summed E-state index contributed by atoms with van der Waals surface area (Å²) >= 11 is 0. The standard InChI is InChI=1S/C18H25NO2/c1-5-13-12-19(11-10-16(13)20)17(21)14-6-8-15(9-7-14)18(2,3)4/h6-9,13H,5,10-12H2,1-4H3. The third-order valence-electron chi connectivity index (χ3n) is 4.30. The maximum absolute atomic E-state index is 12.5. The highest BCUT2D eigenvalue weighted by Gasteiger charge is 2.29. The number of benzene rings is 1. The van der Waals surface area contributed by atoms with Gasteiger partial charge >= 0.3 is 0 Å². The average Bonchev–Trinajstić information content (AvgIpc) is 2.46. The van der Waals surface area contributed by atoms with Crippen molar-refractivity contribution in [3.63, 3.8) is 0 Å². The van der Waals surface area contributed by atoms with Crippen LogP contribution in [0.1, 0.15) is 56.5 Å². The van der Waals surface area contributed by atoms with Crippen LogP contribution >= 0.6 is 0 Å². The number of amides is 1. The maximum Gasteiger partial charge on any atom is 0.253 e. The summed E-state index contributed by atoms with van der Waals surface area (Å²) in [6, 6.07) is 7.86. The average molecular weight is 287 g/mol. The maximum atomic E-state index is 12.5. The van der Waals surface area contributed by atoms with Gasteiger partial charge in [0.05, 0.1) is 0 Å². The van der Waals surface area contributed by atoms with E-state index in [-0.39, 0.29) is 17.2 Å². The molecule has 0 bridgehead atoms. The summed E-state index contributed by atoms with van der Waals surface area (Å²) in [5, 5.41) is 0. The van der Waals surface area contributed by atoms with Crippen molar-refractivity contribution in [2.45, 2.75) is 46.0 Å². The van der Waals surface area contributed by atoms with E-state index in [1.807, 2.05) is 36.1 Å². The minimum absolute atomic E-state index is 0.0107. The molecule has 1 aromatic carbocycles. The second-order valence-corrected chi connectivity index (χ2v) is 6.90. The molecule has 1 heterocycles. The quantitative estimate of drug-likeness (QED) is 0.835. The van der Waals surface area contributed by atoms with Crippen molar-refractivity contribution in [1.82, 2.24) is 4.90 Å². The molecule has 0 aliphatic carbocycles. The van der Waals surface area contributed by atoms with Gasteiger partial charge < -0.3 is 4.90 Å². The zero-order chi connectivity index (χ0) is 15.6. The molecule has 3 nitrogen and oxygen atoms in total. The van der Waals surface area contributed by atoms with Gasteiger partial charge in [0.15, 0.2) is 0 Å². The molecule has 1 fully saturated rings. The molecule has 2 rings (SSSR count). The summed E-state index contributed by atoms with van der Waals surface area (Å²) in [6.07, 6.45) is 1.30. The molecule has 1 aliphatic heterocycles. The van der Waals surface area contributed by atoms with Crippen molar-refractivity contribution in [3.8, 4) is 0 Å². The van der Waals surface area contributed by atoms with Gasteiger partial charge in [0, 0.05) is 31.0 Å². The number of piperidine rings is 1. The van der Waals surface area contributed by atoms with Crippen molar-refractivity contribution in [2.75, 3.05) is 13.1 Å². The van der Waals surface area contributed by atoms with Gasteiger partial charge in [0.1, 0.15) is 5.78 Å². The van der Waals surface area contributed by atoms with Crippen molar-refractivity contribution < 1.29 is 9.59 Å². The normalized spacial score (nSPS) is 19.7. The molecule has 0 radical (unpaired) electrons. The fourth-order valence-corrected chi connectivity index (χ4v) is 2.75. The molecule has 114 valence electrons. The van der Waals surface area contributed by atoms with Gasteiger partial charge in [-0.05, 0) is 29.5 Å². The van der Waals surface area contributed by atoms with Crippen molar-refractivity contribution in [3.05, 3.63) is 35.4 Å². The number of ketones is 1. The van der Waals surface area contributed by atoms with Gasteiger partial charge in [-0.1, -0.05) is 39.8 Å². The molecule has 1 atom stereocenters. The highest BCUT2D eigenvalue weighted by atomic mass is 16.2. The van der Waals surface area contributed by atoms with Gasteiger partial charge in [-0.2, -0.15) is 0 Å². The number of hydrogen-bond donors (Lipinski definition) is 0. The van der Waals surface area contributed by atoms with E-state index < -0.39 is 0 Å². The molecule has 1 amide bonds. The number of nitrogens with zero attached hydrogens (tertiary/aromatic N) is 1. The molecule has 21 heavy (non-hydrogen) atoms. The van der Waals surface area contributed by atoms with Crippen LogP contribution in [0.4, 0.5) is 0 Å². The zero-order valence-corrected chi connectivity index (χ0v) is 13.5. The van der Waals surface area contributed by atoms with E-state index in [9.17, 15) is 9.59 Å². The van der Waals surface area contributed by atoms with Crippen molar-refractivity contribution in [2.24, 2.45) is 5.92 Å². The Kier molecular flexibility index (Phi) is 4.50. The Morgan fingerprint density at radius 3 is 2.38 bits per heavy atom. The molecule has 1 saturated heterocycles. The minimum atomic E-state index is 0.0107. The van der Waals surface area contributed by atoms with E-state index in [0.29, 0.717) is 30.9 Å². The first-order valence-corrected chi connectivity index (χ1v) is 7.75. The fraction of sp³-hybridized carbons (Fsp3) is 0.556. The topological polar surface area (TPSA) is 37.4 Å². The van der Waals surface area contributed by atoms with Crippen LogP contribution < -0.4 is 0 Å². The number of likely N-dealkylation sites (tertiary alicyclic amines) is 1. The first kappa shape index (κ1) is 15.7. The largest absolute Gasteiger partial charge is 0.337 e. The zero-order valence-electron chi connectivity index (χ0n) is 13.5. The van der Waals surface area contributed by atoms with Crippen LogP contribution in [0.5, 0.6) is 0 Å². The summed E-state index contributed by atoms with van der Waals surface area (Å²) in [4.78, 5) is 26.1. The second-order valence-electron chi connectivity index (χ2n) is 6.90. The molecule has 0 saturated carbocycles. The molecule has 0 spiro atoms. The van der Waals surface area contributed by atoms with Crippen LogP contribution in [0.25, 0.3) is 0 Å². The minimum Gasteiger partial charge on any atom is -0.337 e. The fourth-order valence-electron chi connectivity index (χ4n) is 2.75. The Labute approximate surface area is 127 Å². The number of rotatable bonds is 2. The Morgan fingerprint density at radius 1 is 1.24 bits per heavy atom. The lowest BCUT2D eigenvalue weighted by atomic mass is 9.86. The van der Waals surface area contributed by atoms with Gasteiger partial charge in [0.25, 0.3) is 5.91 Å². The van der Waals surface area contributed by atoms with Crippen LogP contribution in [-0.4, -0.2) is 29.7 Å². The van der Waals surface area contributed by atoms with E-state index in [2.05, 4.69) is 20.8 Å². The summed E-state index contributed by atoms with van der Waals surface area (Å²) in [5.74, 6) is 0.350. The second kappa shape index (κ2) is 6.00. The first-order chi connectivity index (χ1) is 9.82. The number of carbonyl (C=O) groups excluding carboxylic acids is 2. The molecule has 3 heteroatoms. The third-order valence-corrected chi connectivity index (χ3v) is 4.30. The predicted molar refractivity (Wildman–Crippen MR) is 84.5 cm³/mol. The van der Waals surface area contributed by atoms with Crippen LogP contribution in [0.15, 0.2) is 24.3 Å². The smallest absolute Gasteiger partial charge is 0.253 e. The predicted octanol–water partition coefficient (Wildman–Crippen LogP) is 3.43. The number of carbonyl (C=O) groups is 2. The molecule has 0 aromatic heterocycles. The Hall–Kier alpha value is -1.64. The summed E-state index contributed by atoms with van der Waals surface area (Å²) in [7, 11) is 0. The molecule has 1 unspecified atom stereocenters. The molecule has 1 aromatic rings. The Bertz CT molecular complexity index is 525. The molecule has 0 N–H and O–H groups in total. The van der Waals surface area contributed by atoms with Gasteiger partial charge in [-0.3, -0.25) is 9.59 Å². The van der Waals surface area contributed by atoms with E-state index in [0.717, 1.165) is 6.42 Å². The molecular weight excluding hydrogens is 262 g/mol. The van der Waals surface area contributed by atoms with E-state index in [1.54, 1.807) is 0 Å². The van der Waals surface area contributed by atoms with E-state index >= 15 is 0 Å². The van der Waals surface area contributed by atoms with Crippen LogP contribution in [0.2, 0.25) is 0 Å². The summed E-state index contributed by atoms with van der Waals surface area (Å²) in [6.45, 7) is 9.60. The van der Waals surface area contributed by atoms with Gasteiger partial charge in [0.2, 0.25) is 0 Å². The lowest BCUT2D eigenvalue weighted by Gasteiger charge is -2.31. The summed E-state index contributed by atoms with van der Waals surface area (Å²) < 4.78 is 0. The SMILES string of the molecule is CCC1CN(C(=O)c2ccc(C(C)(C)C)cc2)CCC1=O.